The van der Waals surface area contributed by atoms with Crippen molar-refractivity contribution in [3.05, 3.63) is 37.2 Å². The topological polar surface area (TPSA) is 43.1 Å². The summed E-state index contributed by atoms with van der Waals surface area (Å²) in [5.74, 6) is -1.61. The van der Waals surface area contributed by atoms with Crippen LogP contribution in [0.5, 0.6) is 0 Å². The van der Waals surface area contributed by atoms with E-state index in [2.05, 4.69) is 0 Å². The fourth-order valence-electron chi connectivity index (χ4n) is 0.899. The third kappa shape index (κ3) is 2.36. The molecule has 0 heterocycles. The second-order valence-electron chi connectivity index (χ2n) is 2.52. The van der Waals surface area contributed by atoms with Gasteiger partial charge < -0.3 is 0 Å². The van der Waals surface area contributed by atoms with Gasteiger partial charge in [-0.25, -0.2) is 4.39 Å². The second-order valence-corrected chi connectivity index (χ2v) is 3.59. The van der Waals surface area contributed by atoms with E-state index in [1.54, 1.807) is 0 Å². The van der Waals surface area contributed by atoms with Crippen LogP contribution in [0.2, 0.25) is 0 Å². The van der Waals surface area contributed by atoms with E-state index in [0.29, 0.717) is 12.1 Å². The minimum absolute atomic E-state index is 0.357. The highest BCUT2D eigenvalue weighted by molar-refractivity contribution is 14.1. The van der Waals surface area contributed by atoms with Crippen molar-refractivity contribution in [1.29, 1.82) is 0 Å². The number of hydrogen-bond donors (Lipinski definition) is 0. The minimum atomic E-state index is -4.85. The minimum Gasteiger partial charge on any atom is -0.258 e. The Hall–Kier alpha value is -0.930. The molecule has 1 rings (SSSR count). The van der Waals surface area contributed by atoms with Gasteiger partial charge in [-0.15, -0.1) is 0 Å². The zero-order chi connectivity index (χ0) is 11.8. The third-order valence-electron chi connectivity index (χ3n) is 1.56. The average molecular weight is 335 g/mol. The third-order valence-corrected chi connectivity index (χ3v) is 2.59. The van der Waals surface area contributed by atoms with Crippen molar-refractivity contribution < 1.29 is 22.5 Å². The number of nitro benzene ring substituents is 1. The first-order valence-corrected chi connectivity index (χ1v) is 4.52. The maximum Gasteiger partial charge on any atom is 0.419 e. The van der Waals surface area contributed by atoms with Gasteiger partial charge >= 0.3 is 6.18 Å². The molecule has 0 N–H and O–H groups in total. The van der Waals surface area contributed by atoms with Crippen LogP contribution in [0.4, 0.5) is 23.2 Å². The molecule has 1 aromatic carbocycles. The largest absolute Gasteiger partial charge is 0.419 e. The summed E-state index contributed by atoms with van der Waals surface area (Å²) in [5.41, 5.74) is -2.18. The van der Waals surface area contributed by atoms with E-state index in [4.69, 9.17) is 0 Å². The van der Waals surface area contributed by atoms with Crippen molar-refractivity contribution in [3.63, 3.8) is 0 Å². The molecule has 0 saturated heterocycles. The van der Waals surface area contributed by atoms with Crippen LogP contribution < -0.4 is 0 Å². The summed E-state index contributed by atoms with van der Waals surface area (Å²) < 4.78 is 48.9. The lowest BCUT2D eigenvalue weighted by Crippen LogP contribution is -2.10. The van der Waals surface area contributed by atoms with Gasteiger partial charge in [0.1, 0.15) is 3.57 Å². The van der Waals surface area contributed by atoms with E-state index in [9.17, 15) is 27.7 Å². The molecule has 0 aliphatic carbocycles. The molecule has 0 aliphatic heterocycles. The lowest BCUT2D eigenvalue weighted by molar-refractivity contribution is -0.386. The van der Waals surface area contributed by atoms with Gasteiger partial charge in [-0.2, -0.15) is 13.2 Å². The maximum atomic E-state index is 13.1. The van der Waals surface area contributed by atoms with Crippen LogP contribution in [-0.4, -0.2) is 4.92 Å². The highest BCUT2D eigenvalue weighted by Crippen LogP contribution is 2.35. The molecule has 0 bridgehead atoms. The summed E-state index contributed by atoms with van der Waals surface area (Å²) in [6, 6.07) is 0.989. The Labute approximate surface area is 94.4 Å². The fraction of sp³-hybridized carbons (Fsp3) is 0.143. The molecule has 0 atom stereocenters. The Bertz CT molecular complexity index is 418. The van der Waals surface area contributed by atoms with E-state index in [1.807, 2.05) is 0 Å². The first-order chi connectivity index (χ1) is 6.75. The van der Waals surface area contributed by atoms with Crippen LogP contribution >= 0.6 is 22.6 Å². The second kappa shape index (κ2) is 3.91. The zero-order valence-corrected chi connectivity index (χ0v) is 8.97. The molecule has 0 amide bonds. The van der Waals surface area contributed by atoms with Crippen molar-refractivity contribution in [2.75, 3.05) is 0 Å². The van der Waals surface area contributed by atoms with Gasteiger partial charge in [0.2, 0.25) is 0 Å². The molecule has 15 heavy (non-hydrogen) atoms. The van der Waals surface area contributed by atoms with E-state index in [1.165, 1.54) is 22.6 Å². The van der Waals surface area contributed by atoms with E-state index in [0.717, 1.165) is 0 Å². The molecule has 0 aliphatic rings. The average Bonchev–Trinajstić information content (AvgIpc) is 2.06. The molecule has 0 radical (unpaired) electrons. The van der Waals surface area contributed by atoms with E-state index in [-0.39, 0.29) is 0 Å². The van der Waals surface area contributed by atoms with Crippen molar-refractivity contribution in [1.82, 2.24) is 0 Å². The summed E-state index contributed by atoms with van der Waals surface area (Å²) in [4.78, 5) is 9.35. The normalized spacial score (nSPS) is 11.5. The molecule has 3 nitrogen and oxygen atoms in total. The van der Waals surface area contributed by atoms with Crippen LogP contribution in [0, 0.1) is 19.5 Å². The van der Waals surface area contributed by atoms with Gasteiger partial charge in [-0.1, -0.05) is 0 Å². The van der Waals surface area contributed by atoms with Crippen LogP contribution in [0.15, 0.2) is 12.1 Å². The molecule has 0 unspecified atom stereocenters. The highest BCUT2D eigenvalue weighted by Gasteiger charge is 2.36. The Morgan fingerprint density at radius 3 is 2.27 bits per heavy atom. The highest BCUT2D eigenvalue weighted by atomic mass is 127. The number of nitrogens with zero attached hydrogens (tertiary/aromatic N) is 1. The fourth-order valence-corrected chi connectivity index (χ4v) is 1.57. The lowest BCUT2D eigenvalue weighted by atomic mass is 10.2. The number of alkyl halides is 3. The van der Waals surface area contributed by atoms with Gasteiger partial charge in [0.25, 0.3) is 5.69 Å². The van der Waals surface area contributed by atoms with Crippen LogP contribution in [-0.2, 0) is 6.18 Å². The number of nitro groups is 1. The predicted molar refractivity (Wildman–Crippen MR) is 50.8 cm³/mol. The first-order valence-electron chi connectivity index (χ1n) is 3.44. The molecule has 82 valence electrons. The van der Waals surface area contributed by atoms with Crippen molar-refractivity contribution in [3.8, 4) is 0 Å². The van der Waals surface area contributed by atoms with E-state index >= 15 is 0 Å². The van der Waals surface area contributed by atoms with Crippen molar-refractivity contribution in [2.45, 2.75) is 6.18 Å². The Balaban J connectivity index is 3.41. The van der Waals surface area contributed by atoms with Crippen molar-refractivity contribution in [2.24, 2.45) is 0 Å². The Morgan fingerprint density at radius 1 is 1.33 bits per heavy atom. The first kappa shape index (κ1) is 12.1. The zero-order valence-electron chi connectivity index (χ0n) is 6.81. The van der Waals surface area contributed by atoms with Crippen LogP contribution in [0.25, 0.3) is 0 Å². The van der Waals surface area contributed by atoms with Crippen molar-refractivity contribution >= 4 is 28.3 Å². The molecular formula is C7H2F4INO2. The summed E-state index contributed by atoms with van der Waals surface area (Å²) in [6.45, 7) is 0. The number of hydrogen-bond acceptors (Lipinski definition) is 2. The molecule has 0 saturated carbocycles. The number of benzene rings is 1. The number of halogens is 5. The summed E-state index contributed by atoms with van der Waals surface area (Å²) >= 11 is 1.17. The molecular weight excluding hydrogens is 333 g/mol. The molecule has 0 fully saturated rings. The van der Waals surface area contributed by atoms with Gasteiger partial charge in [0.05, 0.1) is 10.5 Å². The van der Waals surface area contributed by atoms with E-state index < -0.39 is 31.7 Å². The molecule has 0 spiro atoms. The quantitative estimate of drug-likeness (QED) is 0.342. The Kier molecular flexibility index (Phi) is 3.16. The Morgan fingerprint density at radius 2 is 1.87 bits per heavy atom. The van der Waals surface area contributed by atoms with Gasteiger partial charge in [0.15, 0.2) is 5.82 Å². The van der Waals surface area contributed by atoms with Gasteiger partial charge in [-0.05, 0) is 28.7 Å². The number of rotatable bonds is 1. The molecule has 1 aromatic rings. The van der Waals surface area contributed by atoms with Gasteiger partial charge in [-0.3, -0.25) is 10.1 Å². The lowest BCUT2D eigenvalue weighted by Gasteiger charge is -2.08. The summed E-state index contributed by atoms with van der Waals surface area (Å²) in [6.07, 6.45) is -4.85. The van der Waals surface area contributed by atoms with Gasteiger partial charge in [0, 0.05) is 6.07 Å². The summed E-state index contributed by atoms with van der Waals surface area (Å²) in [7, 11) is 0. The monoisotopic (exact) mass is 335 g/mol. The van der Waals surface area contributed by atoms with Crippen LogP contribution in [0.1, 0.15) is 5.56 Å². The molecule has 0 aromatic heterocycles. The standard InChI is InChI=1S/C7H2F4INO2/c8-5-3(7(9,10)11)1-2-4(6(5)12)13(14)15/h1-2H. The predicted octanol–water partition coefficient (Wildman–Crippen LogP) is 3.36. The smallest absolute Gasteiger partial charge is 0.258 e. The molecule has 8 heteroatoms. The maximum absolute atomic E-state index is 13.1. The SMILES string of the molecule is O=[N+]([O-])c1ccc(C(F)(F)F)c(F)c1I. The van der Waals surface area contributed by atoms with Crippen LogP contribution in [0.3, 0.4) is 0 Å². The summed E-state index contributed by atoms with van der Waals surface area (Å²) in [5, 5.41) is 10.3.